The minimum Gasteiger partial charge on any atom is -0.316 e. The van der Waals surface area contributed by atoms with Crippen molar-refractivity contribution in [1.82, 2.24) is 38.2 Å². The van der Waals surface area contributed by atoms with Gasteiger partial charge in [0.05, 0.1) is 49.8 Å². The molecule has 8 heteroatoms. The van der Waals surface area contributed by atoms with Gasteiger partial charge in [0.1, 0.15) is 0 Å². The molecule has 102 heavy (non-hydrogen) atoms. The van der Waals surface area contributed by atoms with E-state index in [-0.39, 0.29) is 0 Å². The van der Waals surface area contributed by atoms with Crippen LogP contribution in [0.4, 0.5) is 0 Å². The normalized spacial score (nSPS) is 12.2. The molecule has 6 aromatic heterocycles. The molecular formula is C94H66N8. The van der Waals surface area contributed by atoms with Crippen molar-refractivity contribution in [2.45, 2.75) is 25.7 Å². The van der Waals surface area contributed by atoms with Gasteiger partial charge in [0, 0.05) is 101 Å². The minimum atomic E-state index is 0.699. The summed E-state index contributed by atoms with van der Waals surface area (Å²) in [4.78, 5) is 20.0. The van der Waals surface area contributed by atoms with E-state index in [0.717, 1.165) is 78.3 Å². The average Bonchev–Trinajstić information content (AvgIpc) is 1.57. The molecule has 0 aliphatic heterocycles. The van der Waals surface area contributed by atoms with E-state index in [0.29, 0.717) is 5.82 Å². The number of benzene rings is 14. The third kappa shape index (κ3) is 10.6. The number of aryl methyl sites for hydroxylation is 2. The number of nitrogens with zero attached hydrogens (tertiary/aromatic N) is 8. The maximum Gasteiger partial charge on any atom is 0.160 e. The number of para-hydroxylation sites is 6. The van der Waals surface area contributed by atoms with E-state index in [4.69, 9.17) is 15.0 Å². The van der Waals surface area contributed by atoms with Crippen molar-refractivity contribution in [2.75, 3.05) is 0 Å². The summed E-state index contributed by atoms with van der Waals surface area (Å²) in [5.74, 6) is 1.43. The fourth-order valence-electron chi connectivity index (χ4n) is 15.6. The molecule has 0 fully saturated rings. The predicted molar refractivity (Wildman–Crippen MR) is 424 cm³/mol. The Labute approximate surface area is 589 Å². The summed E-state index contributed by atoms with van der Waals surface area (Å²) in [7, 11) is 0. The van der Waals surface area contributed by atoms with Crippen molar-refractivity contribution < 1.29 is 0 Å². The number of hydrogen-bond donors (Lipinski definition) is 0. The van der Waals surface area contributed by atoms with Crippen LogP contribution in [0.5, 0.6) is 0 Å². The van der Waals surface area contributed by atoms with Crippen LogP contribution in [-0.4, -0.2) is 38.2 Å². The molecule has 0 spiro atoms. The Hall–Kier alpha value is -13.3. The highest BCUT2D eigenvalue weighted by Crippen LogP contribution is 2.42. The number of rotatable bonds is 8. The molecule has 0 amide bonds. The maximum absolute atomic E-state index is 5.30. The Morgan fingerprint density at radius 2 is 0.725 bits per heavy atom. The summed E-state index contributed by atoms with van der Waals surface area (Å²) in [6, 6.07) is 118. The monoisotopic (exact) mass is 1310 g/mol. The summed E-state index contributed by atoms with van der Waals surface area (Å²) in [6.45, 7) is 0. The lowest BCUT2D eigenvalue weighted by Crippen LogP contribution is -2.00. The lowest BCUT2D eigenvalue weighted by Gasteiger charge is -2.13. The summed E-state index contributed by atoms with van der Waals surface area (Å²) in [6.07, 6.45) is 11.6. The van der Waals surface area contributed by atoms with Gasteiger partial charge in [0.2, 0.25) is 0 Å². The first-order chi connectivity index (χ1) is 50.6. The Balaban J connectivity index is 0.000000129. The largest absolute Gasteiger partial charge is 0.316 e. The van der Waals surface area contributed by atoms with Crippen LogP contribution in [0.3, 0.4) is 0 Å². The zero-order chi connectivity index (χ0) is 67.5. The van der Waals surface area contributed by atoms with Crippen LogP contribution in [0.2, 0.25) is 0 Å². The van der Waals surface area contributed by atoms with Crippen LogP contribution in [0, 0.1) is 0 Å². The first-order valence-electron chi connectivity index (χ1n) is 35.1. The molecule has 21 rings (SSSR count). The van der Waals surface area contributed by atoms with Crippen LogP contribution in [0.1, 0.15) is 24.0 Å². The van der Waals surface area contributed by atoms with Crippen LogP contribution in [0.15, 0.2) is 352 Å². The first kappa shape index (κ1) is 59.9. The van der Waals surface area contributed by atoms with Gasteiger partial charge in [0.25, 0.3) is 0 Å². The van der Waals surface area contributed by atoms with Gasteiger partial charge in [-0.2, -0.15) is 0 Å². The van der Waals surface area contributed by atoms with Crippen molar-refractivity contribution in [3.05, 3.63) is 363 Å². The van der Waals surface area contributed by atoms with Crippen molar-refractivity contribution in [2.24, 2.45) is 0 Å². The minimum absolute atomic E-state index is 0.699. The lowest BCUT2D eigenvalue weighted by atomic mass is 9.92. The van der Waals surface area contributed by atoms with E-state index in [1.54, 1.807) is 11.1 Å². The van der Waals surface area contributed by atoms with Crippen molar-refractivity contribution in [3.63, 3.8) is 0 Å². The molecule has 1 aliphatic carbocycles. The Kier molecular flexibility index (Phi) is 15.0. The molecule has 0 unspecified atom stereocenters. The summed E-state index contributed by atoms with van der Waals surface area (Å²) in [5.41, 5.74) is 22.9. The molecule has 14 aromatic carbocycles. The average molecular weight is 1310 g/mol. The second kappa shape index (κ2) is 25.5. The number of aromatic nitrogens is 8. The smallest absolute Gasteiger partial charge is 0.160 e. The quantitative estimate of drug-likeness (QED) is 0.152. The SMILES string of the molecule is c1ccc(-n2ccc3c2ccc2c4ccccc4n(-c4cccc(-c5nc(-c6ccc(-c7cccc8ccccc78)cc6)c6ccccc6n5)c4)c23)cc1.c1ccc(-n2ccc3c2ccc2c4ccccc4n(-c4cccc(-c5ncc6ccccc6n5)c4)c23)cc1.c1ccc2c(c1)CCCC2. The van der Waals surface area contributed by atoms with Gasteiger partial charge in [-0.15, -0.1) is 0 Å². The highest BCUT2D eigenvalue weighted by atomic mass is 15.0. The lowest BCUT2D eigenvalue weighted by molar-refractivity contribution is 0.685. The van der Waals surface area contributed by atoms with Crippen LogP contribution in [-0.2, 0) is 12.8 Å². The molecule has 1 aliphatic rings. The van der Waals surface area contributed by atoms with Crippen molar-refractivity contribution in [3.8, 4) is 67.9 Å². The molecule has 482 valence electrons. The fraction of sp³-hybridized carbons (Fsp3) is 0.0426. The number of hydrogen-bond acceptors (Lipinski definition) is 4. The first-order valence-corrected chi connectivity index (χ1v) is 35.1. The number of fused-ring (bicyclic) bond motifs is 14. The molecule has 8 nitrogen and oxygen atoms in total. The zero-order valence-electron chi connectivity index (χ0n) is 55.9. The molecule has 0 saturated carbocycles. The summed E-state index contributed by atoms with van der Waals surface area (Å²) in [5, 5.41) is 11.9. The molecule has 0 bridgehead atoms. The predicted octanol–water partition coefficient (Wildman–Crippen LogP) is 23.7. The Morgan fingerprint density at radius 3 is 1.33 bits per heavy atom. The van der Waals surface area contributed by atoms with E-state index < -0.39 is 0 Å². The van der Waals surface area contributed by atoms with Gasteiger partial charge in [-0.3, -0.25) is 0 Å². The Bertz CT molecular complexity index is 6540. The topological polar surface area (TPSA) is 71.3 Å². The second-order valence-corrected chi connectivity index (χ2v) is 26.4. The molecule has 0 saturated heterocycles. The van der Waals surface area contributed by atoms with E-state index in [1.807, 2.05) is 36.5 Å². The maximum atomic E-state index is 5.30. The second-order valence-electron chi connectivity index (χ2n) is 26.4. The van der Waals surface area contributed by atoms with E-state index >= 15 is 0 Å². The molecule has 6 heterocycles. The molecule has 0 atom stereocenters. The van der Waals surface area contributed by atoms with E-state index in [2.05, 4.69) is 339 Å². The van der Waals surface area contributed by atoms with Gasteiger partial charge in [-0.1, -0.05) is 237 Å². The molecule has 0 N–H and O–H groups in total. The van der Waals surface area contributed by atoms with Crippen molar-refractivity contribution >= 4 is 98.0 Å². The van der Waals surface area contributed by atoms with Gasteiger partial charge in [0.15, 0.2) is 11.6 Å². The Morgan fingerprint density at radius 1 is 0.265 bits per heavy atom. The fourth-order valence-corrected chi connectivity index (χ4v) is 15.6. The van der Waals surface area contributed by atoms with E-state index in [1.165, 1.54) is 107 Å². The standard InChI is InChI=1S/C50H32N4.C34H22N4.C10H12/c1-2-15-37(16-3-1)53-31-30-44-46(53)29-28-42-41-19-7-9-23-47(41)54(49(42)44)38-17-10-14-36(32-38)50-51-45-22-8-6-20-43(45)48(52-50)35-26-24-34(25-27-35)40-21-11-13-33-12-4-5-18-39(33)40;1-2-11-25(12-3-1)37-20-19-29-31(37)18-17-28-27-14-5-7-16-32(27)38(33(28)29)26-13-8-10-23(21-26)34-35-22-24-9-4-6-15-30(24)36-34;1-2-6-10-8-4-3-7-9(10)5-1/h1-32H;1-22H;1-2,5-6H,3-4,7-8H2. The summed E-state index contributed by atoms with van der Waals surface area (Å²) < 4.78 is 9.31. The van der Waals surface area contributed by atoms with Gasteiger partial charge >= 0.3 is 0 Å². The van der Waals surface area contributed by atoms with E-state index in [9.17, 15) is 0 Å². The highest BCUT2D eigenvalue weighted by molar-refractivity contribution is 6.20. The van der Waals surface area contributed by atoms with Gasteiger partial charge < -0.3 is 18.3 Å². The van der Waals surface area contributed by atoms with Gasteiger partial charge in [-0.25, -0.2) is 19.9 Å². The van der Waals surface area contributed by atoms with Crippen LogP contribution < -0.4 is 0 Å². The van der Waals surface area contributed by atoms with Crippen molar-refractivity contribution in [1.29, 1.82) is 0 Å². The van der Waals surface area contributed by atoms with Crippen LogP contribution in [0.25, 0.3) is 166 Å². The van der Waals surface area contributed by atoms with Gasteiger partial charge in [-0.05, 0) is 156 Å². The third-order valence-corrected chi connectivity index (χ3v) is 20.4. The molecular weight excluding hydrogens is 1240 g/mol. The molecule has 20 aromatic rings. The highest BCUT2D eigenvalue weighted by Gasteiger charge is 2.21. The third-order valence-electron chi connectivity index (χ3n) is 20.4. The molecule has 0 radical (unpaired) electrons. The van der Waals surface area contributed by atoms with Crippen LogP contribution >= 0.6 is 0 Å². The zero-order valence-corrected chi connectivity index (χ0v) is 55.9. The summed E-state index contributed by atoms with van der Waals surface area (Å²) >= 11 is 0.